The minimum Gasteiger partial charge on any atom is -0.310 e. The summed E-state index contributed by atoms with van der Waals surface area (Å²) in [7, 11) is 0. The topological polar surface area (TPSA) is 24.5 Å². The zero-order valence-corrected chi connectivity index (χ0v) is 82.5. The molecular formula is C142H98N6S. The van der Waals surface area contributed by atoms with Crippen LogP contribution in [0, 0.1) is 0 Å². The molecule has 28 rings (SSSR count). The Bertz CT molecular complexity index is 9580. The molecule has 0 saturated carbocycles. The predicted octanol–water partition coefficient (Wildman–Crippen LogP) is 40.0. The second-order valence-corrected chi connectivity index (χ2v) is 38.9. The van der Waals surface area contributed by atoms with Crippen LogP contribution >= 0.6 is 11.3 Å². The van der Waals surface area contributed by atoms with E-state index in [1.165, 1.54) is 158 Å². The number of para-hydroxylation sites is 8. The van der Waals surface area contributed by atoms with Gasteiger partial charge in [-0.3, -0.25) is 0 Å². The minimum atomic E-state index is 1.10. The average Bonchev–Trinajstić information content (AvgIpc) is 1.62. The molecule has 0 spiro atoms. The van der Waals surface area contributed by atoms with E-state index in [2.05, 4.69) is 623 Å². The van der Waals surface area contributed by atoms with Gasteiger partial charge < -0.3 is 28.4 Å². The lowest BCUT2D eigenvalue weighted by Gasteiger charge is -2.29. The van der Waals surface area contributed by atoms with Crippen molar-refractivity contribution >= 4 is 159 Å². The Balaban J connectivity index is 0.000000113. The van der Waals surface area contributed by atoms with Gasteiger partial charge in [0.05, 0.1) is 50.2 Å². The molecule has 0 aliphatic carbocycles. The van der Waals surface area contributed by atoms with Crippen LogP contribution < -0.4 is 14.7 Å². The lowest BCUT2D eigenvalue weighted by atomic mass is 9.99. The van der Waals surface area contributed by atoms with Gasteiger partial charge in [-0.25, -0.2) is 0 Å². The summed E-state index contributed by atoms with van der Waals surface area (Å²) >= 11 is 1.85. The van der Waals surface area contributed by atoms with Crippen LogP contribution in [0.25, 0.3) is 191 Å². The smallest absolute Gasteiger partial charge is 0.0541 e. The van der Waals surface area contributed by atoms with Crippen LogP contribution in [0.3, 0.4) is 0 Å². The second-order valence-electron chi connectivity index (χ2n) is 37.8. The van der Waals surface area contributed by atoms with Gasteiger partial charge in [-0.05, 0) is 248 Å². The van der Waals surface area contributed by atoms with Crippen LogP contribution in [0.4, 0.5) is 51.2 Å². The summed E-state index contributed by atoms with van der Waals surface area (Å²) in [6.07, 6.45) is 0. The summed E-state index contributed by atoms with van der Waals surface area (Å²) in [4.78, 5) is 7.23. The van der Waals surface area contributed by atoms with Gasteiger partial charge in [0.15, 0.2) is 0 Å². The fourth-order valence-electron chi connectivity index (χ4n) is 22.0. The van der Waals surface area contributed by atoms with E-state index in [1.54, 1.807) is 0 Å². The van der Waals surface area contributed by atoms with Crippen molar-refractivity contribution in [3.05, 3.63) is 595 Å². The summed E-state index contributed by atoms with van der Waals surface area (Å²) in [5.41, 5.74) is 37.3. The van der Waals surface area contributed by atoms with E-state index < -0.39 is 0 Å². The van der Waals surface area contributed by atoms with Crippen molar-refractivity contribution < 1.29 is 0 Å². The number of hydrogen-bond acceptors (Lipinski definition) is 4. The van der Waals surface area contributed by atoms with Gasteiger partial charge in [0.1, 0.15) is 0 Å². The molecule has 24 aromatic carbocycles. The molecule has 4 heterocycles. The van der Waals surface area contributed by atoms with Crippen LogP contribution in [0.15, 0.2) is 595 Å². The molecule has 149 heavy (non-hydrogen) atoms. The quantitative estimate of drug-likeness (QED) is 0.0806. The Morgan fingerprint density at radius 1 is 0.134 bits per heavy atom. The van der Waals surface area contributed by atoms with Crippen molar-refractivity contribution in [2.24, 2.45) is 0 Å². The molecule has 0 aliphatic heterocycles. The summed E-state index contributed by atoms with van der Waals surface area (Å²) in [6.45, 7) is 0. The SMILES string of the molecule is c1ccc(-c2cccc(N(c3ccc4sc5ccccc5c4c3)c3ccccc3-c3ccc(-n4c5ccccc5c5ccccc54)cc3)c2)cc1.c1ccc(-c2cccc(N(c3cccc(-c4ccccc4)c3)c3cccc(-c4cccc(-n5c6ccccc6c6ccccc65)c4)c3)c2)cc1.c1ccc(-c2cccc(N(c3ccccc3-c3cccc(-n4c5ccccc5c5ccccc54)c3)c3cccc4ccccc34)c2)cc1. The molecule has 0 fully saturated rings. The number of rotatable bonds is 19. The fourth-order valence-corrected chi connectivity index (χ4v) is 23.1. The van der Waals surface area contributed by atoms with Crippen LogP contribution in [0.5, 0.6) is 0 Å². The molecule has 6 nitrogen and oxygen atoms in total. The molecule has 0 radical (unpaired) electrons. The van der Waals surface area contributed by atoms with Crippen molar-refractivity contribution in [2.75, 3.05) is 14.7 Å². The molecule has 702 valence electrons. The zero-order valence-electron chi connectivity index (χ0n) is 81.7. The summed E-state index contributed by atoms with van der Waals surface area (Å²) < 4.78 is 9.76. The minimum absolute atomic E-state index is 1.10. The van der Waals surface area contributed by atoms with Crippen LogP contribution in [0.1, 0.15) is 0 Å². The van der Waals surface area contributed by atoms with E-state index in [1.807, 2.05) is 11.3 Å². The maximum absolute atomic E-state index is 2.43. The second kappa shape index (κ2) is 39.7. The number of nitrogens with zero attached hydrogens (tertiary/aromatic N) is 6. The maximum Gasteiger partial charge on any atom is 0.0541 e. The highest BCUT2D eigenvalue weighted by Crippen LogP contribution is 2.50. The fraction of sp³-hybridized carbons (Fsp3) is 0. The van der Waals surface area contributed by atoms with Gasteiger partial charge in [-0.2, -0.15) is 0 Å². The van der Waals surface area contributed by atoms with Gasteiger partial charge in [0.25, 0.3) is 0 Å². The van der Waals surface area contributed by atoms with Crippen LogP contribution in [0.2, 0.25) is 0 Å². The first kappa shape index (κ1) is 89.6. The van der Waals surface area contributed by atoms with Crippen LogP contribution in [-0.4, -0.2) is 13.7 Å². The van der Waals surface area contributed by atoms with Crippen molar-refractivity contribution in [3.63, 3.8) is 0 Å². The lowest BCUT2D eigenvalue weighted by molar-refractivity contribution is 1.18. The highest BCUT2D eigenvalue weighted by atomic mass is 32.1. The van der Waals surface area contributed by atoms with E-state index in [4.69, 9.17) is 0 Å². The maximum atomic E-state index is 2.43. The Morgan fingerprint density at radius 2 is 0.409 bits per heavy atom. The first-order valence-corrected chi connectivity index (χ1v) is 51.7. The first-order valence-electron chi connectivity index (χ1n) is 50.9. The van der Waals surface area contributed by atoms with E-state index in [0.717, 1.165) is 84.9 Å². The summed E-state index contributed by atoms with van der Waals surface area (Å²) in [6, 6.07) is 214. The largest absolute Gasteiger partial charge is 0.310 e. The van der Waals surface area contributed by atoms with Gasteiger partial charge in [0, 0.05) is 120 Å². The number of hydrogen-bond donors (Lipinski definition) is 0. The van der Waals surface area contributed by atoms with Crippen molar-refractivity contribution in [1.82, 2.24) is 13.7 Å². The lowest BCUT2D eigenvalue weighted by Crippen LogP contribution is -2.12. The van der Waals surface area contributed by atoms with Crippen LogP contribution in [-0.2, 0) is 0 Å². The average molecular weight is 1920 g/mol. The van der Waals surface area contributed by atoms with E-state index in [0.29, 0.717) is 0 Å². The molecule has 0 saturated heterocycles. The highest BCUT2D eigenvalue weighted by Gasteiger charge is 2.26. The number of aromatic nitrogens is 3. The third-order valence-electron chi connectivity index (χ3n) is 28.9. The molecule has 0 amide bonds. The predicted molar refractivity (Wildman–Crippen MR) is 635 cm³/mol. The molecule has 0 N–H and O–H groups in total. The Morgan fingerprint density at radius 3 is 0.846 bits per heavy atom. The normalized spacial score (nSPS) is 11.4. The van der Waals surface area contributed by atoms with E-state index >= 15 is 0 Å². The first-order chi connectivity index (χ1) is 73.9. The third kappa shape index (κ3) is 17.2. The monoisotopic (exact) mass is 1920 g/mol. The molecule has 28 aromatic rings. The molecule has 0 unspecified atom stereocenters. The Labute approximate surface area is 870 Å². The molecular weight excluding hydrogens is 1820 g/mol. The number of fused-ring (bicyclic) bond motifs is 13. The van der Waals surface area contributed by atoms with Crippen molar-refractivity contribution in [1.29, 1.82) is 0 Å². The van der Waals surface area contributed by atoms with Gasteiger partial charge in [-0.15, -0.1) is 11.3 Å². The third-order valence-corrected chi connectivity index (χ3v) is 30.0. The van der Waals surface area contributed by atoms with Gasteiger partial charge >= 0.3 is 0 Å². The van der Waals surface area contributed by atoms with E-state index in [9.17, 15) is 0 Å². The summed E-state index contributed by atoms with van der Waals surface area (Å²) in [5, 5.41) is 12.6. The van der Waals surface area contributed by atoms with Crippen molar-refractivity contribution in [3.8, 4) is 95.0 Å². The highest BCUT2D eigenvalue weighted by molar-refractivity contribution is 7.25. The molecule has 0 aliphatic rings. The molecule has 0 bridgehead atoms. The van der Waals surface area contributed by atoms with Gasteiger partial charge in [0.2, 0.25) is 0 Å². The zero-order chi connectivity index (χ0) is 98.9. The summed E-state index contributed by atoms with van der Waals surface area (Å²) in [5.74, 6) is 0. The van der Waals surface area contributed by atoms with Gasteiger partial charge in [-0.1, -0.05) is 419 Å². The number of anilines is 9. The standard InChI is InChI=1S/C48H32N2S.C48H34N2.C46H32N2/c1-2-13-33(14-3-1)35-15-12-16-37(31-35)49(38-29-30-48-43(32-38)42-20-7-11-24-47(42)51-48)44-21-8-4-17-39(44)34-25-27-36(28-26-34)50-45-22-9-5-18-40(45)41-19-6-10-23-46(41)50;1-3-15-35(16-4-1)37-19-11-23-41(31-37)49(42-24-12-20-38(32-42)36-17-5-2-6-18-36)43-25-13-21-39(33-43)40-22-14-26-44(34-40)50-47-29-9-7-27-45(47)46-28-8-10-30-48(46)50;1-2-15-33(16-3-1)35-19-12-21-37(31-35)47(44-30-14-18-34-17-4-5-23-39(34)44)43-27-9-6-24-40(43)36-20-13-22-38(32-36)48-45-28-10-7-25-41(45)42-26-8-11-29-46(42)48/h1-32H;1-34H;1-32H. The van der Waals surface area contributed by atoms with Crippen molar-refractivity contribution in [2.45, 2.75) is 0 Å². The molecule has 7 heteroatoms. The molecule has 4 aromatic heterocycles. The molecule has 0 atom stereocenters. The Hall–Kier alpha value is -19.4. The number of thiophene rings is 1. The van der Waals surface area contributed by atoms with E-state index in [-0.39, 0.29) is 0 Å². The number of benzene rings is 24. The Kier molecular flexibility index (Phi) is 23.9.